The lowest BCUT2D eigenvalue weighted by molar-refractivity contribution is -0.142. The number of amides is 1. The predicted octanol–water partition coefficient (Wildman–Crippen LogP) is 1.36. The highest BCUT2D eigenvalue weighted by molar-refractivity contribution is 5.82. The van der Waals surface area contributed by atoms with Crippen LogP contribution in [0.25, 0.3) is 0 Å². The highest BCUT2D eigenvalue weighted by Gasteiger charge is 2.32. The molecule has 2 heterocycles. The number of likely N-dealkylation sites (tertiary alicyclic amines) is 1. The van der Waals surface area contributed by atoms with Gasteiger partial charge in [0.15, 0.2) is 0 Å². The number of carbonyl (C=O) groups is 1. The first-order chi connectivity index (χ1) is 8.68. The number of carbonyl (C=O) groups excluding carboxylic acids is 1. The van der Waals surface area contributed by atoms with Crippen LogP contribution in [0, 0.1) is 5.92 Å². The Morgan fingerprint density at radius 3 is 2.61 bits per heavy atom. The summed E-state index contributed by atoms with van der Waals surface area (Å²) in [5.41, 5.74) is 0. The van der Waals surface area contributed by atoms with E-state index in [2.05, 4.69) is 18.7 Å². The van der Waals surface area contributed by atoms with Crippen molar-refractivity contribution in [2.24, 2.45) is 5.92 Å². The summed E-state index contributed by atoms with van der Waals surface area (Å²) in [5, 5.41) is 0. The van der Waals surface area contributed by atoms with Crippen molar-refractivity contribution in [3.8, 4) is 0 Å². The molecule has 104 valence electrons. The maximum atomic E-state index is 12.6. The van der Waals surface area contributed by atoms with E-state index in [0.717, 1.165) is 32.6 Å². The second-order valence-electron chi connectivity index (χ2n) is 5.84. The van der Waals surface area contributed by atoms with Gasteiger partial charge in [0.1, 0.15) is 0 Å². The summed E-state index contributed by atoms with van der Waals surface area (Å²) in [4.78, 5) is 17.0. The van der Waals surface area contributed by atoms with Crippen molar-refractivity contribution >= 4 is 5.91 Å². The molecule has 4 heteroatoms. The summed E-state index contributed by atoms with van der Waals surface area (Å²) < 4.78 is 5.32. The zero-order valence-electron chi connectivity index (χ0n) is 11.7. The Bertz CT molecular complexity index is 275. The van der Waals surface area contributed by atoms with Gasteiger partial charge in [-0.2, -0.15) is 0 Å². The molecule has 2 rings (SSSR count). The van der Waals surface area contributed by atoms with Gasteiger partial charge in [-0.05, 0) is 25.3 Å². The zero-order chi connectivity index (χ0) is 13.0. The summed E-state index contributed by atoms with van der Waals surface area (Å²) in [6.07, 6.45) is 3.46. The van der Waals surface area contributed by atoms with Crippen molar-refractivity contribution < 1.29 is 9.53 Å². The minimum absolute atomic E-state index is 0.124. The molecule has 0 saturated carbocycles. The molecular weight excluding hydrogens is 228 g/mol. The average molecular weight is 254 g/mol. The zero-order valence-corrected chi connectivity index (χ0v) is 11.7. The smallest absolute Gasteiger partial charge is 0.240 e. The summed E-state index contributed by atoms with van der Waals surface area (Å²) in [7, 11) is 0. The van der Waals surface area contributed by atoms with Crippen molar-refractivity contribution in [3.05, 3.63) is 0 Å². The topological polar surface area (TPSA) is 32.8 Å². The van der Waals surface area contributed by atoms with Crippen LogP contribution in [0.5, 0.6) is 0 Å². The SMILES string of the molecule is CC(C)CN1CCCCC1C(=O)N1CCOCC1. The van der Waals surface area contributed by atoms with E-state index in [1.54, 1.807) is 0 Å². The Morgan fingerprint density at radius 1 is 1.22 bits per heavy atom. The van der Waals surface area contributed by atoms with Crippen LogP contribution in [-0.4, -0.2) is 61.1 Å². The second kappa shape index (κ2) is 6.53. The molecule has 0 bridgehead atoms. The Balaban J connectivity index is 1.96. The lowest BCUT2D eigenvalue weighted by atomic mass is 9.99. The summed E-state index contributed by atoms with van der Waals surface area (Å²) in [6, 6.07) is 0.124. The minimum Gasteiger partial charge on any atom is -0.378 e. The number of morpholine rings is 1. The Morgan fingerprint density at radius 2 is 1.94 bits per heavy atom. The molecule has 1 unspecified atom stereocenters. The fraction of sp³-hybridized carbons (Fsp3) is 0.929. The first-order valence-corrected chi connectivity index (χ1v) is 7.29. The number of hydrogen-bond donors (Lipinski definition) is 0. The van der Waals surface area contributed by atoms with Crippen LogP contribution in [0.15, 0.2) is 0 Å². The van der Waals surface area contributed by atoms with E-state index >= 15 is 0 Å². The molecule has 0 N–H and O–H groups in total. The molecule has 2 aliphatic heterocycles. The van der Waals surface area contributed by atoms with E-state index in [1.165, 1.54) is 12.8 Å². The van der Waals surface area contributed by atoms with Crippen molar-refractivity contribution in [1.29, 1.82) is 0 Å². The van der Waals surface area contributed by atoms with Crippen molar-refractivity contribution in [1.82, 2.24) is 9.80 Å². The number of rotatable bonds is 3. The summed E-state index contributed by atoms with van der Waals surface area (Å²) in [6.45, 7) is 9.51. The summed E-state index contributed by atoms with van der Waals surface area (Å²) in [5.74, 6) is 0.960. The molecule has 0 aromatic heterocycles. The molecule has 0 aliphatic carbocycles. The largest absolute Gasteiger partial charge is 0.378 e. The quantitative estimate of drug-likeness (QED) is 0.762. The molecule has 0 aromatic carbocycles. The van der Waals surface area contributed by atoms with Crippen LogP contribution >= 0.6 is 0 Å². The van der Waals surface area contributed by atoms with Crippen LogP contribution < -0.4 is 0 Å². The fourth-order valence-electron chi connectivity index (χ4n) is 2.95. The van der Waals surface area contributed by atoms with Gasteiger partial charge in [-0.1, -0.05) is 20.3 Å². The van der Waals surface area contributed by atoms with E-state index in [1.807, 2.05) is 4.90 Å². The Hall–Kier alpha value is -0.610. The van der Waals surface area contributed by atoms with Crippen molar-refractivity contribution in [3.63, 3.8) is 0 Å². The van der Waals surface area contributed by atoms with Gasteiger partial charge in [-0.15, -0.1) is 0 Å². The maximum Gasteiger partial charge on any atom is 0.240 e. The lowest BCUT2D eigenvalue weighted by Gasteiger charge is -2.39. The molecule has 2 aliphatic rings. The van der Waals surface area contributed by atoms with Crippen LogP contribution in [0.1, 0.15) is 33.1 Å². The van der Waals surface area contributed by atoms with E-state index in [9.17, 15) is 4.79 Å². The first-order valence-electron chi connectivity index (χ1n) is 7.29. The minimum atomic E-state index is 0.124. The average Bonchev–Trinajstić information content (AvgIpc) is 2.39. The van der Waals surface area contributed by atoms with Gasteiger partial charge in [-0.3, -0.25) is 9.69 Å². The van der Waals surface area contributed by atoms with Gasteiger partial charge in [0.05, 0.1) is 19.3 Å². The monoisotopic (exact) mass is 254 g/mol. The molecule has 0 spiro atoms. The highest BCUT2D eigenvalue weighted by atomic mass is 16.5. The van der Waals surface area contributed by atoms with Gasteiger partial charge in [0, 0.05) is 19.6 Å². The highest BCUT2D eigenvalue weighted by Crippen LogP contribution is 2.20. The summed E-state index contributed by atoms with van der Waals surface area (Å²) >= 11 is 0. The molecule has 1 atom stereocenters. The standard InChI is InChI=1S/C14H26N2O2/c1-12(2)11-16-6-4-3-5-13(16)14(17)15-7-9-18-10-8-15/h12-13H,3-11H2,1-2H3. The molecule has 18 heavy (non-hydrogen) atoms. The molecule has 2 fully saturated rings. The van der Waals surface area contributed by atoms with Crippen LogP contribution in [0.3, 0.4) is 0 Å². The van der Waals surface area contributed by atoms with Gasteiger partial charge >= 0.3 is 0 Å². The fourth-order valence-corrected chi connectivity index (χ4v) is 2.95. The van der Waals surface area contributed by atoms with E-state index in [-0.39, 0.29) is 6.04 Å². The number of nitrogens with zero attached hydrogens (tertiary/aromatic N) is 2. The molecule has 0 aromatic rings. The van der Waals surface area contributed by atoms with Gasteiger partial charge < -0.3 is 9.64 Å². The van der Waals surface area contributed by atoms with Gasteiger partial charge in [0.2, 0.25) is 5.91 Å². The van der Waals surface area contributed by atoms with Crippen LogP contribution in [0.2, 0.25) is 0 Å². The third kappa shape index (κ3) is 3.45. The predicted molar refractivity (Wildman–Crippen MR) is 71.4 cm³/mol. The van der Waals surface area contributed by atoms with E-state index in [0.29, 0.717) is 25.0 Å². The van der Waals surface area contributed by atoms with Gasteiger partial charge in [-0.25, -0.2) is 0 Å². The van der Waals surface area contributed by atoms with Crippen LogP contribution in [-0.2, 0) is 9.53 Å². The van der Waals surface area contributed by atoms with Crippen molar-refractivity contribution in [2.45, 2.75) is 39.2 Å². The Labute approximate surface area is 110 Å². The number of hydrogen-bond acceptors (Lipinski definition) is 3. The third-order valence-corrected chi connectivity index (χ3v) is 3.82. The second-order valence-corrected chi connectivity index (χ2v) is 5.84. The van der Waals surface area contributed by atoms with E-state index < -0.39 is 0 Å². The molecule has 2 saturated heterocycles. The maximum absolute atomic E-state index is 12.6. The molecule has 1 amide bonds. The van der Waals surface area contributed by atoms with E-state index in [4.69, 9.17) is 4.74 Å². The molecule has 0 radical (unpaired) electrons. The van der Waals surface area contributed by atoms with Gasteiger partial charge in [0.25, 0.3) is 0 Å². The third-order valence-electron chi connectivity index (χ3n) is 3.82. The Kier molecular flexibility index (Phi) is 5.01. The number of ether oxygens (including phenoxy) is 1. The molecular formula is C14H26N2O2. The van der Waals surface area contributed by atoms with Crippen LogP contribution in [0.4, 0.5) is 0 Å². The lowest BCUT2D eigenvalue weighted by Crippen LogP contribution is -2.54. The normalized spacial score (nSPS) is 26.6. The van der Waals surface area contributed by atoms with Crippen molar-refractivity contribution in [2.75, 3.05) is 39.4 Å². The number of piperidine rings is 1. The first kappa shape index (κ1) is 13.8. The molecule has 4 nitrogen and oxygen atoms in total.